The third-order valence-corrected chi connectivity index (χ3v) is 5.34. The van der Waals surface area contributed by atoms with Crippen LogP contribution in [0.15, 0.2) is 12.1 Å². The molecule has 1 aromatic rings. The van der Waals surface area contributed by atoms with Crippen LogP contribution in [0.5, 0.6) is 5.75 Å². The smallest absolute Gasteiger partial charge is 0.153 e. The Bertz CT molecular complexity index is 576. The molecule has 1 atom stereocenters. The third kappa shape index (κ3) is 6.02. The summed E-state index contributed by atoms with van der Waals surface area (Å²) >= 11 is 12.1. The van der Waals surface area contributed by atoms with Crippen LogP contribution < -0.4 is 10.5 Å². The van der Waals surface area contributed by atoms with Crippen LogP contribution in [-0.4, -0.2) is 32.6 Å². The molecule has 0 aromatic heterocycles. The number of sulfone groups is 1. The Kier molecular flexibility index (Phi) is 7.27. The molecule has 0 bridgehead atoms. The summed E-state index contributed by atoms with van der Waals surface area (Å²) in [6.45, 7) is 3.66. The van der Waals surface area contributed by atoms with Crippen LogP contribution in [0.4, 0.5) is 0 Å². The predicted octanol–water partition coefficient (Wildman–Crippen LogP) is 3.09. The molecule has 2 N–H and O–H groups in total. The van der Waals surface area contributed by atoms with Crippen LogP contribution in [0.3, 0.4) is 0 Å². The fraction of sp³-hybridized carbons (Fsp3) is 0.571. The number of benzene rings is 1. The van der Waals surface area contributed by atoms with Crippen molar-refractivity contribution in [1.29, 1.82) is 0 Å². The Hall–Kier alpha value is -0.490. The van der Waals surface area contributed by atoms with E-state index in [4.69, 9.17) is 33.7 Å². The zero-order valence-electron chi connectivity index (χ0n) is 12.2. The van der Waals surface area contributed by atoms with E-state index in [0.717, 1.165) is 12.0 Å². The SMILES string of the molecule is CCC(N)Cc1cc(Cl)cc(Cl)c1OCCS(=O)(=O)CC. The van der Waals surface area contributed by atoms with E-state index < -0.39 is 9.84 Å². The second-order valence-electron chi connectivity index (χ2n) is 4.83. The minimum atomic E-state index is -3.07. The van der Waals surface area contributed by atoms with Crippen LogP contribution in [-0.2, 0) is 16.3 Å². The molecule has 7 heteroatoms. The Morgan fingerprint density at radius 1 is 1.29 bits per heavy atom. The van der Waals surface area contributed by atoms with Crippen molar-refractivity contribution in [3.05, 3.63) is 27.7 Å². The molecule has 21 heavy (non-hydrogen) atoms. The van der Waals surface area contributed by atoms with Gasteiger partial charge in [-0.05, 0) is 30.5 Å². The summed E-state index contributed by atoms with van der Waals surface area (Å²) in [6.07, 6.45) is 1.39. The Morgan fingerprint density at radius 2 is 1.95 bits per heavy atom. The fourth-order valence-electron chi connectivity index (χ4n) is 1.77. The molecule has 0 aliphatic heterocycles. The maximum Gasteiger partial charge on any atom is 0.153 e. The highest BCUT2D eigenvalue weighted by Gasteiger charge is 2.15. The van der Waals surface area contributed by atoms with Crippen molar-refractivity contribution in [3.63, 3.8) is 0 Å². The minimum Gasteiger partial charge on any atom is -0.491 e. The summed E-state index contributed by atoms with van der Waals surface area (Å²) < 4.78 is 28.5. The maximum atomic E-state index is 11.5. The predicted molar refractivity (Wildman–Crippen MR) is 88.3 cm³/mol. The summed E-state index contributed by atoms with van der Waals surface area (Å²) in [5.41, 5.74) is 6.76. The second kappa shape index (κ2) is 8.22. The van der Waals surface area contributed by atoms with E-state index in [0.29, 0.717) is 22.2 Å². The molecule has 0 amide bonds. The molecule has 0 aliphatic carbocycles. The van der Waals surface area contributed by atoms with Crippen molar-refractivity contribution in [2.75, 3.05) is 18.1 Å². The molecule has 0 spiro atoms. The quantitative estimate of drug-likeness (QED) is 0.779. The van der Waals surface area contributed by atoms with E-state index in [1.807, 2.05) is 6.92 Å². The van der Waals surface area contributed by atoms with Gasteiger partial charge in [-0.15, -0.1) is 0 Å². The molecule has 0 saturated heterocycles. The summed E-state index contributed by atoms with van der Waals surface area (Å²) in [5, 5.41) is 0.876. The van der Waals surface area contributed by atoms with Crippen LogP contribution in [0, 0.1) is 0 Å². The third-order valence-electron chi connectivity index (χ3n) is 3.17. The van der Waals surface area contributed by atoms with Crippen LogP contribution in [0.2, 0.25) is 10.0 Å². The van der Waals surface area contributed by atoms with Gasteiger partial charge < -0.3 is 10.5 Å². The number of halogens is 2. The Balaban J connectivity index is 2.89. The lowest BCUT2D eigenvalue weighted by Gasteiger charge is -2.16. The molecule has 120 valence electrons. The molecule has 4 nitrogen and oxygen atoms in total. The van der Waals surface area contributed by atoms with Gasteiger partial charge in [0.05, 0.1) is 10.8 Å². The average Bonchev–Trinajstić information content (AvgIpc) is 2.41. The van der Waals surface area contributed by atoms with Gasteiger partial charge in [-0.1, -0.05) is 37.0 Å². The number of hydrogen-bond donors (Lipinski definition) is 1. The van der Waals surface area contributed by atoms with Crippen molar-refractivity contribution in [1.82, 2.24) is 0 Å². The standard InChI is InChI=1S/C14H21Cl2NO3S/c1-3-12(17)8-10-7-11(15)9-13(16)14(10)20-5-6-21(18,19)4-2/h7,9,12H,3-6,8,17H2,1-2H3. The minimum absolute atomic E-state index is 0.0266. The first kappa shape index (κ1) is 18.6. The van der Waals surface area contributed by atoms with Crippen LogP contribution >= 0.6 is 23.2 Å². The average molecular weight is 354 g/mol. The maximum absolute atomic E-state index is 11.5. The highest BCUT2D eigenvalue weighted by atomic mass is 35.5. The van der Waals surface area contributed by atoms with Crippen molar-refractivity contribution in [2.45, 2.75) is 32.7 Å². The topological polar surface area (TPSA) is 69.4 Å². The second-order valence-corrected chi connectivity index (χ2v) is 8.15. The highest BCUT2D eigenvalue weighted by molar-refractivity contribution is 7.91. The van der Waals surface area contributed by atoms with Gasteiger partial charge in [0.25, 0.3) is 0 Å². The molecule has 0 aliphatic rings. The van der Waals surface area contributed by atoms with E-state index >= 15 is 0 Å². The highest BCUT2D eigenvalue weighted by Crippen LogP contribution is 2.33. The molecule has 0 radical (unpaired) electrons. The lowest BCUT2D eigenvalue weighted by Crippen LogP contribution is -2.22. The number of hydrogen-bond acceptors (Lipinski definition) is 4. The zero-order chi connectivity index (χ0) is 16.0. The summed E-state index contributed by atoms with van der Waals surface area (Å²) in [7, 11) is -3.07. The van der Waals surface area contributed by atoms with Gasteiger partial charge in [0.1, 0.15) is 12.4 Å². The molecule has 0 fully saturated rings. The normalized spacial score (nSPS) is 13.2. The van der Waals surface area contributed by atoms with Gasteiger partial charge in [-0.25, -0.2) is 8.42 Å². The molecule has 1 rings (SSSR count). The monoisotopic (exact) mass is 353 g/mol. The Labute approximate surface area is 136 Å². The molecular formula is C14H21Cl2NO3S. The van der Waals surface area contributed by atoms with E-state index in [1.54, 1.807) is 19.1 Å². The molecule has 0 saturated carbocycles. The van der Waals surface area contributed by atoms with Gasteiger partial charge in [-0.3, -0.25) is 0 Å². The molecule has 0 heterocycles. The summed E-state index contributed by atoms with van der Waals surface area (Å²) in [5.74, 6) is 0.524. The number of nitrogens with two attached hydrogens (primary N) is 1. The zero-order valence-corrected chi connectivity index (χ0v) is 14.6. The lowest BCUT2D eigenvalue weighted by atomic mass is 10.0. The first-order valence-corrected chi connectivity index (χ1v) is 9.43. The van der Waals surface area contributed by atoms with Crippen molar-refractivity contribution in [2.24, 2.45) is 5.73 Å². The van der Waals surface area contributed by atoms with E-state index in [1.165, 1.54) is 0 Å². The van der Waals surface area contributed by atoms with Crippen LogP contribution in [0.1, 0.15) is 25.8 Å². The van der Waals surface area contributed by atoms with Gasteiger partial charge in [0, 0.05) is 16.8 Å². The first-order chi connectivity index (χ1) is 9.79. The molecular weight excluding hydrogens is 333 g/mol. The van der Waals surface area contributed by atoms with Crippen LogP contribution in [0.25, 0.3) is 0 Å². The molecule has 1 aromatic carbocycles. The van der Waals surface area contributed by atoms with Crippen molar-refractivity contribution < 1.29 is 13.2 Å². The van der Waals surface area contributed by atoms with E-state index in [-0.39, 0.29) is 24.2 Å². The molecule has 1 unspecified atom stereocenters. The summed E-state index contributed by atoms with van der Waals surface area (Å²) in [6, 6.07) is 3.31. The first-order valence-electron chi connectivity index (χ1n) is 6.85. The van der Waals surface area contributed by atoms with Gasteiger partial charge in [0.15, 0.2) is 9.84 Å². The van der Waals surface area contributed by atoms with E-state index in [2.05, 4.69) is 0 Å². The summed E-state index contributed by atoms with van der Waals surface area (Å²) in [4.78, 5) is 0. The van der Waals surface area contributed by atoms with Crippen molar-refractivity contribution >= 4 is 33.0 Å². The van der Waals surface area contributed by atoms with E-state index in [9.17, 15) is 8.42 Å². The van der Waals surface area contributed by atoms with Crippen molar-refractivity contribution in [3.8, 4) is 5.75 Å². The fourth-order valence-corrected chi connectivity index (χ4v) is 2.98. The van der Waals surface area contributed by atoms with Gasteiger partial charge in [0.2, 0.25) is 0 Å². The lowest BCUT2D eigenvalue weighted by molar-refractivity contribution is 0.336. The number of rotatable bonds is 8. The number of ether oxygens (including phenoxy) is 1. The van der Waals surface area contributed by atoms with Gasteiger partial charge in [-0.2, -0.15) is 0 Å². The largest absolute Gasteiger partial charge is 0.491 e. The van der Waals surface area contributed by atoms with Gasteiger partial charge >= 0.3 is 0 Å². The Morgan fingerprint density at radius 3 is 2.52 bits per heavy atom.